The lowest BCUT2D eigenvalue weighted by Crippen LogP contribution is -2.49. The number of hydrogen-bond donors (Lipinski definition) is 2. The van der Waals surface area contributed by atoms with Crippen LogP contribution in [0.15, 0.2) is 65.8 Å². The van der Waals surface area contributed by atoms with Crippen LogP contribution in [-0.4, -0.2) is 39.9 Å². The number of carbonyl (C=O) groups excluding carboxylic acids is 1. The number of aromatic nitrogens is 2. The lowest BCUT2D eigenvalue weighted by Gasteiger charge is -2.37. The molecule has 1 aromatic carbocycles. The lowest BCUT2D eigenvalue weighted by atomic mass is 10.0. The molecule has 1 fully saturated rings. The first kappa shape index (κ1) is 21.7. The number of rotatable bonds is 5. The van der Waals surface area contributed by atoms with E-state index >= 15 is 0 Å². The third kappa shape index (κ3) is 4.53. The zero-order valence-corrected chi connectivity index (χ0v) is 19.2. The Kier molecular flexibility index (Phi) is 5.93. The number of carbonyl (C=O) groups is 1. The highest BCUT2D eigenvalue weighted by molar-refractivity contribution is 8.03. The third-order valence-electron chi connectivity index (χ3n) is 6.28. The van der Waals surface area contributed by atoms with Crippen molar-refractivity contribution in [2.75, 3.05) is 18.4 Å². The minimum atomic E-state index is -0.496. The summed E-state index contributed by atoms with van der Waals surface area (Å²) >= 11 is 1.54. The molecule has 1 amide bonds. The van der Waals surface area contributed by atoms with Gasteiger partial charge >= 0.3 is 0 Å². The second kappa shape index (κ2) is 9.02. The van der Waals surface area contributed by atoms with Gasteiger partial charge in [0.15, 0.2) is 5.65 Å². The van der Waals surface area contributed by atoms with Crippen LogP contribution in [0.4, 0.5) is 10.2 Å². The van der Waals surface area contributed by atoms with Crippen LogP contribution < -0.4 is 10.6 Å². The Bertz CT molecular complexity index is 1200. The van der Waals surface area contributed by atoms with Gasteiger partial charge in [-0.2, -0.15) is 0 Å². The smallest absolute Gasteiger partial charge is 0.270 e. The summed E-state index contributed by atoms with van der Waals surface area (Å²) in [5.74, 6) is 0.500. The molecule has 0 spiro atoms. The summed E-state index contributed by atoms with van der Waals surface area (Å²) in [7, 11) is 0. The van der Waals surface area contributed by atoms with E-state index in [4.69, 9.17) is 0 Å². The van der Waals surface area contributed by atoms with Gasteiger partial charge in [0.1, 0.15) is 22.2 Å². The fraction of sp³-hybridized carbons (Fsp3) is 0.320. The number of thioether (sulfide) groups is 1. The fourth-order valence-electron chi connectivity index (χ4n) is 4.41. The van der Waals surface area contributed by atoms with Crippen molar-refractivity contribution in [2.45, 2.75) is 37.1 Å². The number of anilines is 1. The van der Waals surface area contributed by atoms with Gasteiger partial charge < -0.3 is 15.5 Å². The van der Waals surface area contributed by atoms with E-state index in [0.29, 0.717) is 17.9 Å². The number of nitrogens with zero attached hydrogens (tertiary/aromatic N) is 3. The van der Waals surface area contributed by atoms with E-state index in [0.717, 1.165) is 42.6 Å². The Morgan fingerprint density at radius 1 is 1.24 bits per heavy atom. The lowest BCUT2D eigenvalue weighted by molar-refractivity contribution is -0.130. The summed E-state index contributed by atoms with van der Waals surface area (Å²) in [5, 5.41) is 9.68. The van der Waals surface area contributed by atoms with E-state index in [-0.39, 0.29) is 17.8 Å². The van der Waals surface area contributed by atoms with E-state index in [9.17, 15) is 9.18 Å². The first-order valence-corrected chi connectivity index (χ1v) is 12.1. The highest BCUT2D eigenvalue weighted by atomic mass is 32.2. The van der Waals surface area contributed by atoms with Crippen LogP contribution >= 0.6 is 11.8 Å². The molecule has 8 heteroatoms. The van der Waals surface area contributed by atoms with E-state index in [1.165, 1.54) is 12.1 Å². The molecule has 170 valence electrons. The number of piperidine rings is 1. The Labute approximate surface area is 196 Å². The molecule has 4 heterocycles. The van der Waals surface area contributed by atoms with Crippen molar-refractivity contribution in [3.8, 4) is 0 Å². The molecule has 2 aliphatic rings. The minimum absolute atomic E-state index is 0.00738. The standard InChI is InChI=1S/C25H26FN5OS/c1-25(18-8-10-19(26)11-9-18)30-21(16-33-25)24(32)31-14-3-2-6-20(31)15-28-22-12-7-17-5-4-13-27-23(17)29-22/h4-5,7-13,16,20,30H,2-3,6,14-15H2,1H3,(H,27,28,29)/t20-,25-/m0/s1. The molecule has 0 radical (unpaired) electrons. The predicted octanol–water partition coefficient (Wildman–Crippen LogP) is 4.61. The maximum Gasteiger partial charge on any atom is 0.270 e. The van der Waals surface area contributed by atoms with Crippen LogP contribution in [0.25, 0.3) is 11.0 Å². The molecule has 2 aromatic heterocycles. The van der Waals surface area contributed by atoms with Crippen molar-refractivity contribution in [1.29, 1.82) is 0 Å². The second-order valence-corrected chi connectivity index (χ2v) is 9.88. The molecule has 0 unspecified atom stereocenters. The van der Waals surface area contributed by atoms with Crippen LogP contribution in [0.3, 0.4) is 0 Å². The molecule has 0 bridgehead atoms. The van der Waals surface area contributed by atoms with Gasteiger partial charge in [0, 0.05) is 36.1 Å². The monoisotopic (exact) mass is 463 g/mol. The normalized spacial score (nSPS) is 22.7. The Morgan fingerprint density at radius 2 is 2.09 bits per heavy atom. The molecule has 0 aliphatic carbocycles. The van der Waals surface area contributed by atoms with Crippen LogP contribution in [0, 0.1) is 5.82 Å². The molecule has 1 saturated heterocycles. The molecule has 3 aromatic rings. The number of pyridine rings is 2. The maximum atomic E-state index is 13.4. The largest absolute Gasteiger partial charge is 0.368 e. The number of halogens is 1. The second-order valence-electron chi connectivity index (χ2n) is 8.59. The zero-order valence-electron chi connectivity index (χ0n) is 18.4. The van der Waals surface area contributed by atoms with Crippen LogP contribution in [0.1, 0.15) is 31.7 Å². The van der Waals surface area contributed by atoms with Gasteiger partial charge in [-0.1, -0.05) is 23.9 Å². The van der Waals surface area contributed by atoms with Crippen LogP contribution in [0.5, 0.6) is 0 Å². The molecule has 2 N–H and O–H groups in total. The molecule has 2 aliphatic heterocycles. The molecule has 33 heavy (non-hydrogen) atoms. The summed E-state index contributed by atoms with van der Waals surface area (Å²) in [5.41, 5.74) is 2.23. The van der Waals surface area contributed by atoms with E-state index < -0.39 is 4.87 Å². The summed E-state index contributed by atoms with van der Waals surface area (Å²) in [6.45, 7) is 3.37. The molecule has 6 nitrogen and oxygen atoms in total. The summed E-state index contributed by atoms with van der Waals surface area (Å²) in [4.78, 5) is 23.8. The number of hydrogen-bond acceptors (Lipinski definition) is 6. The van der Waals surface area contributed by atoms with Gasteiger partial charge in [0.25, 0.3) is 5.91 Å². The number of benzene rings is 1. The van der Waals surface area contributed by atoms with Gasteiger partial charge in [0.2, 0.25) is 0 Å². The number of fused-ring (bicyclic) bond motifs is 1. The predicted molar refractivity (Wildman–Crippen MR) is 130 cm³/mol. The summed E-state index contributed by atoms with van der Waals surface area (Å²) < 4.78 is 13.3. The van der Waals surface area contributed by atoms with Crippen molar-refractivity contribution in [1.82, 2.24) is 20.2 Å². The first-order valence-electron chi connectivity index (χ1n) is 11.2. The highest BCUT2D eigenvalue weighted by Crippen LogP contribution is 2.41. The third-order valence-corrected chi connectivity index (χ3v) is 7.44. The van der Waals surface area contributed by atoms with Gasteiger partial charge in [-0.15, -0.1) is 0 Å². The van der Waals surface area contributed by atoms with Crippen molar-refractivity contribution >= 4 is 34.5 Å². The number of likely N-dealkylation sites (tertiary alicyclic amines) is 1. The molecule has 0 saturated carbocycles. The van der Waals surface area contributed by atoms with E-state index in [1.54, 1.807) is 30.1 Å². The number of nitrogens with one attached hydrogen (secondary N) is 2. The molecular formula is C25H26FN5OS. The highest BCUT2D eigenvalue weighted by Gasteiger charge is 2.37. The van der Waals surface area contributed by atoms with Crippen molar-refractivity contribution in [3.05, 3.63) is 77.2 Å². The van der Waals surface area contributed by atoms with Crippen molar-refractivity contribution in [3.63, 3.8) is 0 Å². The Hall–Kier alpha value is -3.13. The quantitative estimate of drug-likeness (QED) is 0.576. The van der Waals surface area contributed by atoms with Crippen LogP contribution in [0.2, 0.25) is 0 Å². The number of amides is 1. The summed E-state index contributed by atoms with van der Waals surface area (Å²) in [6.07, 6.45) is 4.77. The SMILES string of the molecule is C[C@]1(c2ccc(F)cc2)NC(C(=O)N2CCCC[C@H]2CNc2ccc3cccnc3n2)=CS1. The first-order chi connectivity index (χ1) is 16.0. The molecule has 2 atom stereocenters. The van der Waals surface area contributed by atoms with Crippen molar-refractivity contribution in [2.24, 2.45) is 0 Å². The molecular weight excluding hydrogens is 437 g/mol. The van der Waals surface area contributed by atoms with Crippen molar-refractivity contribution < 1.29 is 9.18 Å². The van der Waals surface area contributed by atoms with Gasteiger partial charge in [0.05, 0.1) is 0 Å². The zero-order chi connectivity index (χ0) is 22.8. The van der Waals surface area contributed by atoms with E-state index in [2.05, 4.69) is 20.6 Å². The topological polar surface area (TPSA) is 70.2 Å². The van der Waals surface area contributed by atoms with Gasteiger partial charge in [-0.25, -0.2) is 14.4 Å². The fourth-order valence-corrected chi connectivity index (χ4v) is 5.37. The average Bonchev–Trinajstić information content (AvgIpc) is 3.26. The summed E-state index contributed by atoms with van der Waals surface area (Å²) in [6, 6.07) is 14.3. The Morgan fingerprint density at radius 3 is 2.94 bits per heavy atom. The minimum Gasteiger partial charge on any atom is -0.368 e. The van der Waals surface area contributed by atoms with Gasteiger partial charge in [-0.3, -0.25) is 4.79 Å². The van der Waals surface area contributed by atoms with Gasteiger partial charge in [-0.05, 0) is 68.1 Å². The van der Waals surface area contributed by atoms with Crippen LogP contribution in [-0.2, 0) is 9.67 Å². The average molecular weight is 464 g/mol. The maximum absolute atomic E-state index is 13.4. The van der Waals surface area contributed by atoms with E-state index in [1.807, 2.05) is 41.5 Å². The Balaban J connectivity index is 1.26. The molecule has 5 rings (SSSR count).